The lowest BCUT2D eigenvalue weighted by Gasteiger charge is -2.25. The zero-order valence-electron chi connectivity index (χ0n) is 16.8. The van der Waals surface area contributed by atoms with Crippen molar-refractivity contribution in [2.45, 2.75) is 33.6 Å². The second-order valence-corrected chi connectivity index (χ2v) is 9.72. The first kappa shape index (κ1) is 22.3. The van der Waals surface area contributed by atoms with Gasteiger partial charge >= 0.3 is 0 Å². The number of aliphatic imine (C=N–C) groups is 1. The molecule has 0 aliphatic rings. The van der Waals surface area contributed by atoms with E-state index in [1.165, 1.54) is 11.8 Å². The SMILES string of the molecule is CN=C(NCCc1cc(C)ccc1OC)NCC(C)(C)CCS(C)(=O)=O. The van der Waals surface area contributed by atoms with E-state index in [0.717, 1.165) is 24.3 Å². The van der Waals surface area contributed by atoms with Crippen molar-refractivity contribution in [1.82, 2.24) is 10.6 Å². The highest BCUT2D eigenvalue weighted by molar-refractivity contribution is 7.90. The maximum atomic E-state index is 11.4. The number of nitrogens with zero attached hydrogens (tertiary/aromatic N) is 1. The van der Waals surface area contributed by atoms with Crippen LogP contribution in [0, 0.1) is 12.3 Å². The summed E-state index contributed by atoms with van der Waals surface area (Å²) < 4.78 is 28.1. The quantitative estimate of drug-likeness (QED) is 0.505. The molecule has 0 unspecified atom stereocenters. The lowest BCUT2D eigenvalue weighted by atomic mass is 9.90. The molecule has 1 rings (SSSR count). The molecular weight excluding hydrogens is 350 g/mol. The van der Waals surface area contributed by atoms with Gasteiger partial charge in [-0.25, -0.2) is 8.42 Å². The number of methoxy groups -OCH3 is 1. The number of hydrogen-bond donors (Lipinski definition) is 2. The Labute approximate surface area is 158 Å². The molecule has 7 heteroatoms. The van der Waals surface area contributed by atoms with Gasteiger partial charge in [-0.15, -0.1) is 0 Å². The second kappa shape index (κ2) is 9.80. The van der Waals surface area contributed by atoms with Crippen molar-refractivity contribution in [1.29, 1.82) is 0 Å². The Morgan fingerprint density at radius 2 is 1.96 bits per heavy atom. The van der Waals surface area contributed by atoms with Crippen LogP contribution in [0.2, 0.25) is 0 Å². The molecule has 0 spiro atoms. The number of rotatable bonds is 9. The topological polar surface area (TPSA) is 79.8 Å². The number of ether oxygens (including phenoxy) is 1. The number of sulfone groups is 1. The first-order valence-corrected chi connectivity index (χ1v) is 10.9. The fourth-order valence-corrected chi connectivity index (χ4v) is 3.44. The summed E-state index contributed by atoms with van der Waals surface area (Å²) in [5.41, 5.74) is 2.22. The Morgan fingerprint density at radius 1 is 1.27 bits per heavy atom. The molecule has 0 aliphatic carbocycles. The zero-order valence-corrected chi connectivity index (χ0v) is 17.7. The van der Waals surface area contributed by atoms with Gasteiger partial charge in [0.2, 0.25) is 0 Å². The Bertz CT molecular complexity index is 713. The summed E-state index contributed by atoms with van der Waals surface area (Å²) in [6.45, 7) is 7.54. The van der Waals surface area contributed by atoms with Crippen LogP contribution in [0.15, 0.2) is 23.2 Å². The molecule has 0 heterocycles. The van der Waals surface area contributed by atoms with E-state index in [0.29, 0.717) is 18.9 Å². The molecule has 0 aromatic heterocycles. The third-order valence-corrected chi connectivity index (χ3v) is 5.18. The zero-order chi connectivity index (χ0) is 19.8. The predicted octanol–water partition coefficient (Wildman–Crippen LogP) is 2.17. The summed E-state index contributed by atoms with van der Waals surface area (Å²) >= 11 is 0. The summed E-state index contributed by atoms with van der Waals surface area (Å²) in [6.07, 6.45) is 2.70. The van der Waals surface area contributed by atoms with Gasteiger partial charge in [0.15, 0.2) is 5.96 Å². The van der Waals surface area contributed by atoms with Crippen LogP contribution in [0.25, 0.3) is 0 Å². The van der Waals surface area contributed by atoms with Gasteiger partial charge in [-0.2, -0.15) is 0 Å². The molecule has 0 atom stereocenters. The molecule has 0 saturated carbocycles. The van der Waals surface area contributed by atoms with E-state index < -0.39 is 9.84 Å². The highest BCUT2D eigenvalue weighted by atomic mass is 32.2. The lowest BCUT2D eigenvalue weighted by Crippen LogP contribution is -2.43. The molecule has 148 valence electrons. The van der Waals surface area contributed by atoms with Crippen molar-refractivity contribution in [2.75, 3.05) is 39.3 Å². The molecule has 0 amide bonds. The van der Waals surface area contributed by atoms with E-state index in [9.17, 15) is 8.42 Å². The number of nitrogens with one attached hydrogen (secondary N) is 2. The van der Waals surface area contributed by atoms with Gasteiger partial charge in [0, 0.05) is 26.4 Å². The molecule has 0 fully saturated rings. The molecule has 2 N–H and O–H groups in total. The van der Waals surface area contributed by atoms with Crippen LogP contribution >= 0.6 is 0 Å². The minimum Gasteiger partial charge on any atom is -0.496 e. The Hall–Kier alpha value is -1.76. The minimum absolute atomic E-state index is 0.138. The van der Waals surface area contributed by atoms with E-state index in [1.54, 1.807) is 14.2 Å². The van der Waals surface area contributed by atoms with Crippen molar-refractivity contribution < 1.29 is 13.2 Å². The van der Waals surface area contributed by atoms with Crippen LogP contribution in [0.3, 0.4) is 0 Å². The normalized spacial score (nSPS) is 12.8. The van der Waals surface area contributed by atoms with Crippen LogP contribution in [0.1, 0.15) is 31.4 Å². The maximum Gasteiger partial charge on any atom is 0.191 e. The lowest BCUT2D eigenvalue weighted by molar-refractivity contribution is 0.348. The number of benzene rings is 1. The number of guanidine groups is 1. The molecule has 0 radical (unpaired) electrons. The van der Waals surface area contributed by atoms with Crippen LogP contribution < -0.4 is 15.4 Å². The van der Waals surface area contributed by atoms with Crippen LogP contribution in [-0.4, -0.2) is 53.6 Å². The first-order valence-electron chi connectivity index (χ1n) is 8.82. The van der Waals surface area contributed by atoms with E-state index in [1.807, 2.05) is 12.1 Å². The average molecular weight is 384 g/mol. The predicted molar refractivity (Wildman–Crippen MR) is 109 cm³/mol. The number of aryl methyl sites for hydroxylation is 1. The van der Waals surface area contributed by atoms with Crippen molar-refractivity contribution in [2.24, 2.45) is 10.4 Å². The largest absolute Gasteiger partial charge is 0.496 e. The summed E-state index contributed by atoms with van der Waals surface area (Å²) in [7, 11) is 0.468. The summed E-state index contributed by atoms with van der Waals surface area (Å²) in [5, 5.41) is 6.58. The molecule has 0 bridgehead atoms. The summed E-state index contributed by atoms with van der Waals surface area (Å²) in [4.78, 5) is 4.24. The minimum atomic E-state index is -2.94. The summed E-state index contributed by atoms with van der Waals surface area (Å²) in [5.74, 6) is 1.80. The van der Waals surface area contributed by atoms with E-state index in [4.69, 9.17) is 4.74 Å². The maximum absolute atomic E-state index is 11.4. The molecule has 0 aliphatic heterocycles. The number of hydrogen-bond acceptors (Lipinski definition) is 4. The van der Waals surface area contributed by atoms with E-state index in [2.05, 4.69) is 42.5 Å². The molecule has 1 aromatic rings. The standard InChI is InChI=1S/C19H33N3O3S/c1-15-7-8-17(25-5)16(13-15)9-11-21-18(20-4)22-14-19(2,3)10-12-26(6,23)24/h7-8,13H,9-12,14H2,1-6H3,(H2,20,21,22). The Balaban J connectivity index is 2.50. The fraction of sp³-hybridized carbons (Fsp3) is 0.632. The Morgan fingerprint density at radius 3 is 2.54 bits per heavy atom. The van der Waals surface area contributed by atoms with Crippen LogP contribution in [0.5, 0.6) is 5.75 Å². The van der Waals surface area contributed by atoms with Gasteiger partial charge in [-0.05, 0) is 36.8 Å². The van der Waals surface area contributed by atoms with Crippen molar-refractivity contribution >= 4 is 15.8 Å². The van der Waals surface area contributed by atoms with Gasteiger partial charge in [-0.3, -0.25) is 4.99 Å². The first-order chi connectivity index (χ1) is 12.1. The highest BCUT2D eigenvalue weighted by Gasteiger charge is 2.20. The smallest absolute Gasteiger partial charge is 0.191 e. The van der Waals surface area contributed by atoms with Gasteiger partial charge in [0.1, 0.15) is 15.6 Å². The van der Waals surface area contributed by atoms with Gasteiger partial charge in [-0.1, -0.05) is 31.5 Å². The highest BCUT2D eigenvalue weighted by Crippen LogP contribution is 2.20. The van der Waals surface area contributed by atoms with Crippen molar-refractivity contribution in [3.8, 4) is 5.75 Å². The van der Waals surface area contributed by atoms with Crippen LogP contribution in [0.4, 0.5) is 0 Å². The fourth-order valence-electron chi connectivity index (χ4n) is 2.51. The monoisotopic (exact) mass is 383 g/mol. The van der Waals surface area contributed by atoms with Crippen LogP contribution in [-0.2, 0) is 16.3 Å². The molecule has 0 saturated heterocycles. The van der Waals surface area contributed by atoms with Crippen molar-refractivity contribution in [3.63, 3.8) is 0 Å². The van der Waals surface area contributed by atoms with Crippen molar-refractivity contribution in [3.05, 3.63) is 29.3 Å². The molecule has 26 heavy (non-hydrogen) atoms. The molecule has 6 nitrogen and oxygen atoms in total. The Kier molecular flexibility index (Phi) is 8.40. The van der Waals surface area contributed by atoms with E-state index >= 15 is 0 Å². The average Bonchev–Trinajstić information content (AvgIpc) is 2.56. The van der Waals surface area contributed by atoms with Gasteiger partial charge in [0.05, 0.1) is 12.9 Å². The van der Waals surface area contributed by atoms with Gasteiger partial charge < -0.3 is 15.4 Å². The second-order valence-electron chi connectivity index (χ2n) is 7.46. The molecule has 1 aromatic carbocycles. The summed E-state index contributed by atoms with van der Waals surface area (Å²) in [6, 6.07) is 6.15. The third kappa shape index (κ3) is 8.56. The third-order valence-electron chi connectivity index (χ3n) is 4.23. The van der Waals surface area contributed by atoms with Gasteiger partial charge in [0.25, 0.3) is 0 Å². The van der Waals surface area contributed by atoms with E-state index in [-0.39, 0.29) is 11.2 Å². The molecular formula is C19H33N3O3S.